The van der Waals surface area contributed by atoms with Crippen LogP contribution < -0.4 is 0 Å². The number of fused-ring (bicyclic) bond motifs is 1. The molecule has 0 aliphatic carbocycles. The van der Waals surface area contributed by atoms with Crippen molar-refractivity contribution in [2.24, 2.45) is 17.3 Å². The van der Waals surface area contributed by atoms with Gasteiger partial charge in [-0.3, -0.25) is 9.59 Å². The summed E-state index contributed by atoms with van der Waals surface area (Å²) in [5.74, 6) is -0.814. The third-order valence-electron chi connectivity index (χ3n) is 13.3. The number of nitrogens with zero attached hydrogens (tertiary/aromatic N) is 4. The lowest BCUT2D eigenvalue weighted by Crippen LogP contribution is -2.57. The Morgan fingerprint density at radius 1 is 0.918 bits per heavy atom. The second-order valence-electron chi connectivity index (χ2n) is 19.5. The number of aliphatic hydroxyl groups excluding tert-OH is 4. The number of rotatable bonds is 25. The molecule has 0 bridgehead atoms. The van der Waals surface area contributed by atoms with Gasteiger partial charge in [-0.05, 0) is 58.1 Å². The Morgan fingerprint density at radius 3 is 2.30 bits per heavy atom. The van der Waals surface area contributed by atoms with Crippen LogP contribution in [0.15, 0.2) is 17.2 Å². The van der Waals surface area contributed by atoms with Crippen molar-refractivity contribution in [1.82, 2.24) is 20.0 Å². The summed E-state index contributed by atoms with van der Waals surface area (Å²) in [6.45, 7) is 17.9. The van der Waals surface area contributed by atoms with Crippen LogP contribution in [0.5, 0.6) is 0 Å². The Morgan fingerprint density at radius 2 is 1.60 bits per heavy atom. The van der Waals surface area contributed by atoms with E-state index in [0.717, 1.165) is 29.1 Å². The van der Waals surface area contributed by atoms with Gasteiger partial charge < -0.3 is 67.8 Å². The zero-order valence-corrected chi connectivity index (χ0v) is 45.9. The number of carbonyl (C=O) groups is 3. The summed E-state index contributed by atoms with van der Waals surface area (Å²) >= 11 is 1.53. The van der Waals surface area contributed by atoms with Crippen LogP contribution in [0.1, 0.15) is 97.0 Å². The van der Waals surface area contributed by atoms with Crippen LogP contribution in [0, 0.1) is 24.2 Å². The molecule has 0 unspecified atom stereocenters. The summed E-state index contributed by atoms with van der Waals surface area (Å²) in [7, 11) is 3.10. The number of aryl methyl sites for hydroxylation is 1. The number of epoxide rings is 1. The molecule has 2 aromatic heterocycles. The van der Waals surface area contributed by atoms with Gasteiger partial charge in [-0.1, -0.05) is 60.9 Å². The average molecular weight is 1090 g/mol. The zero-order valence-electron chi connectivity index (χ0n) is 43.4. The molecule has 3 saturated heterocycles. The fourth-order valence-corrected chi connectivity index (χ4v) is 10.8. The number of esters is 1. The van der Waals surface area contributed by atoms with Crippen LogP contribution in [-0.2, 0) is 70.1 Å². The lowest BCUT2D eigenvalue weighted by molar-refractivity contribution is -0.294. The highest BCUT2D eigenvalue weighted by Gasteiger charge is 2.53. The largest absolute Gasteiger partial charge is 0.508 e. The van der Waals surface area contributed by atoms with Gasteiger partial charge in [0.2, 0.25) is 0 Å². The van der Waals surface area contributed by atoms with Gasteiger partial charge in [0.1, 0.15) is 48.6 Å². The minimum absolute atomic E-state index is 0.0981. The van der Waals surface area contributed by atoms with E-state index in [-0.39, 0.29) is 37.6 Å². The molecule has 21 nitrogen and oxygen atoms in total. The number of aliphatic hydroxyl groups is 4. The molecule has 5 rings (SSSR count). The van der Waals surface area contributed by atoms with Crippen molar-refractivity contribution in [3.8, 4) is 0 Å². The van der Waals surface area contributed by atoms with Crippen molar-refractivity contribution in [2.75, 3.05) is 71.0 Å². The van der Waals surface area contributed by atoms with Gasteiger partial charge in [0.25, 0.3) is 0 Å². The SMILES string of the molecule is C/C(=C\c1csc(C)n1)[C@@H]1C[C@@H]2O[C@]2(C)CCC[C@H](C)[C@H](OC(=O)OCCSSCCOCc2cn(CCOCCOCCOCCO[C@@H]3O[C@@H](C)[C@H](O)[C@@H](O)[C@H]3O)nn2)[C@@H](C)C(=O)C(C)(C)[C@@H](O)CC(=O)O1. The minimum Gasteiger partial charge on any atom is -0.458 e. The molecule has 2 aromatic rings. The molecule has 0 spiro atoms. The molecule has 0 aromatic carbocycles. The number of Topliss-reactive ketones (excluding diaryl/α,β-unsaturated/α-hetero) is 1. The standard InChI is InChI=1S/C49H78N4O17S3/c1-30-10-9-11-49(8)39(70-49)25-37(31(2)24-35-29-71-34(5)50-35)68-40(55)26-38(54)48(6,7)45(59)32(3)44(30)69-47(60)66-21-23-73-72-22-20-64-28-36-27-53(52-51-36)12-13-61-14-15-62-16-17-63-18-19-65-46-43(58)42(57)41(56)33(4)67-46/h24,27,29-30,32-33,37-39,41-44,46,54,56-58H,9-23,25-26,28H2,1-8H3/b31-24+/t30-,32+,33-,37-,38-,39-,41-,42+,43+,44-,46+,49+/m0/s1. The molecule has 73 heavy (non-hydrogen) atoms. The van der Waals surface area contributed by atoms with Crippen LogP contribution in [0.25, 0.3) is 6.08 Å². The van der Waals surface area contributed by atoms with Crippen LogP contribution in [0.4, 0.5) is 4.79 Å². The maximum atomic E-state index is 14.1. The van der Waals surface area contributed by atoms with Crippen LogP contribution in [-0.4, -0.2) is 190 Å². The van der Waals surface area contributed by atoms with Crippen LogP contribution in [0.3, 0.4) is 0 Å². The molecule has 0 saturated carbocycles. The summed E-state index contributed by atoms with van der Waals surface area (Å²) in [6.07, 6.45) is -3.51. The first kappa shape index (κ1) is 61.0. The summed E-state index contributed by atoms with van der Waals surface area (Å²) in [4.78, 5) is 45.1. The topological polar surface area (TPSA) is 271 Å². The molecule has 4 N–H and O–H groups in total. The molecule has 3 fully saturated rings. The molecule has 5 heterocycles. The smallest absolute Gasteiger partial charge is 0.458 e. The summed E-state index contributed by atoms with van der Waals surface area (Å²) < 4.78 is 58.4. The zero-order chi connectivity index (χ0) is 53.1. The van der Waals surface area contributed by atoms with E-state index in [0.29, 0.717) is 82.8 Å². The predicted octanol–water partition coefficient (Wildman–Crippen LogP) is 4.72. The van der Waals surface area contributed by atoms with E-state index in [9.17, 15) is 34.8 Å². The second-order valence-corrected chi connectivity index (χ2v) is 23.3. The monoisotopic (exact) mass is 1090 g/mol. The number of hydrogen-bond acceptors (Lipinski definition) is 23. The van der Waals surface area contributed by atoms with Crippen LogP contribution in [0.2, 0.25) is 0 Å². The summed E-state index contributed by atoms with van der Waals surface area (Å²) in [5.41, 5.74) is 0.504. The van der Waals surface area contributed by atoms with E-state index in [2.05, 4.69) is 15.3 Å². The van der Waals surface area contributed by atoms with Crippen molar-refractivity contribution in [1.29, 1.82) is 0 Å². The number of ketones is 1. The van der Waals surface area contributed by atoms with Gasteiger partial charge >= 0.3 is 12.1 Å². The molecule has 0 radical (unpaired) electrons. The fraction of sp³-hybridized carbons (Fsp3) is 0.796. The molecule has 3 aliphatic heterocycles. The summed E-state index contributed by atoms with van der Waals surface area (Å²) in [5, 5.41) is 52.1. The van der Waals surface area contributed by atoms with Gasteiger partial charge in [0.15, 0.2) is 6.29 Å². The van der Waals surface area contributed by atoms with E-state index in [1.54, 1.807) is 49.4 Å². The number of thiazole rings is 1. The maximum Gasteiger partial charge on any atom is 0.508 e. The van der Waals surface area contributed by atoms with Crippen molar-refractivity contribution in [3.05, 3.63) is 33.5 Å². The summed E-state index contributed by atoms with van der Waals surface area (Å²) in [6, 6.07) is 0. The molecule has 0 amide bonds. The highest BCUT2D eigenvalue weighted by Crippen LogP contribution is 2.45. The molecule has 24 heteroatoms. The van der Waals surface area contributed by atoms with E-state index < -0.39 is 84.5 Å². The third kappa shape index (κ3) is 19.6. The lowest BCUT2D eigenvalue weighted by atomic mass is 9.73. The maximum absolute atomic E-state index is 14.1. The minimum atomic E-state index is -1.36. The number of cyclic esters (lactones) is 1. The Labute approximate surface area is 440 Å². The number of ether oxygens (including phenoxy) is 10. The van der Waals surface area contributed by atoms with Gasteiger partial charge in [-0.2, -0.15) is 0 Å². The highest BCUT2D eigenvalue weighted by molar-refractivity contribution is 8.76. The van der Waals surface area contributed by atoms with Gasteiger partial charge in [-0.25, -0.2) is 14.5 Å². The molecule has 12 atom stereocenters. The van der Waals surface area contributed by atoms with Crippen LogP contribution >= 0.6 is 32.9 Å². The van der Waals surface area contributed by atoms with Gasteiger partial charge in [-0.15, -0.1) is 16.4 Å². The van der Waals surface area contributed by atoms with Gasteiger partial charge in [0.05, 0.1) is 125 Å². The second kappa shape index (κ2) is 30.2. The Kier molecular flexibility index (Phi) is 25.3. The van der Waals surface area contributed by atoms with E-state index in [1.807, 2.05) is 39.2 Å². The number of carbonyl (C=O) groups excluding carboxylic acids is 3. The fourth-order valence-electron chi connectivity index (χ4n) is 8.55. The van der Waals surface area contributed by atoms with Crippen molar-refractivity contribution in [2.45, 2.75) is 161 Å². The van der Waals surface area contributed by atoms with E-state index in [4.69, 9.17) is 47.4 Å². The Hall–Kier alpha value is -2.82. The highest BCUT2D eigenvalue weighted by atomic mass is 33.1. The number of aromatic nitrogens is 4. The molecule has 414 valence electrons. The first-order chi connectivity index (χ1) is 34.8. The van der Waals surface area contributed by atoms with Gasteiger partial charge in [0, 0.05) is 23.3 Å². The quantitative estimate of drug-likeness (QED) is 0.0453. The first-order valence-corrected chi connectivity index (χ1v) is 28.4. The normalized spacial score (nSPS) is 30.4. The van der Waals surface area contributed by atoms with E-state index in [1.165, 1.54) is 22.1 Å². The third-order valence-corrected chi connectivity index (χ3v) is 16.4. The Balaban J connectivity index is 0.917. The lowest BCUT2D eigenvalue weighted by Gasteiger charge is -2.38. The molecule has 3 aliphatic rings. The first-order valence-electron chi connectivity index (χ1n) is 25.1. The average Bonchev–Trinajstić information content (AvgIpc) is 3.58. The molecular formula is C49H78N4O17S3. The Bertz CT molecular complexity index is 2030. The van der Waals surface area contributed by atoms with Crippen molar-refractivity contribution >= 4 is 56.9 Å². The van der Waals surface area contributed by atoms with Crippen molar-refractivity contribution in [3.63, 3.8) is 0 Å². The number of hydrogen-bond donors (Lipinski definition) is 4. The van der Waals surface area contributed by atoms with E-state index >= 15 is 0 Å². The molecular weight excluding hydrogens is 1010 g/mol. The van der Waals surface area contributed by atoms with Crippen molar-refractivity contribution < 1.29 is 82.2 Å². The predicted molar refractivity (Wildman–Crippen MR) is 271 cm³/mol.